The number of nitrogens with zero attached hydrogens (tertiary/aromatic N) is 1. The molecule has 7 heteroatoms. The van der Waals surface area contributed by atoms with Crippen LogP contribution in [0.15, 0.2) is 6.20 Å². The normalized spacial score (nSPS) is 12.1. The van der Waals surface area contributed by atoms with Gasteiger partial charge in [0.1, 0.15) is 5.01 Å². The number of hydrogen-bond acceptors (Lipinski definition) is 4. The summed E-state index contributed by atoms with van der Waals surface area (Å²) in [5.74, 6) is -0.164. The zero-order valence-corrected chi connectivity index (χ0v) is 12.8. The van der Waals surface area contributed by atoms with Crippen LogP contribution in [0.5, 0.6) is 0 Å². The first-order valence-corrected chi connectivity index (χ1v) is 5.64. The topological polar surface area (TPSA) is 68.0 Å². The highest BCUT2D eigenvalue weighted by Gasteiger charge is 2.24. The van der Waals surface area contributed by atoms with Gasteiger partial charge in [-0.2, -0.15) is 0 Å². The molecular formula is C10H19Cl2N3OS. The van der Waals surface area contributed by atoms with Gasteiger partial charge in [0.25, 0.3) is 0 Å². The first kappa shape index (κ1) is 19.0. The fraction of sp³-hybridized carbons (Fsp3) is 0.600. The lowest BCUT2D eigenvalue weighted by atomic mass is 10.1. The minimum Gasteiger partial charge on any atom is -0.346 e. The van der Waals surface area contributed by atoms with Crippen molar-refractivity contribution in [3.63, 3.8) is 0 Å². The Morgan fingerprint density at radius 3 is 2.41 bits per heavy atom. The van der Waals surface area contributed by atoms with E-state index in [1.807, 2.05) is 13.8 Å². The molecule has 3 N–H and O–H groups in total. The molecule has 0 aliphatic rings. The number of nitrogens with two attached hydrogens (primary N) is 1. The molecule has 0 bridgehead atoms. The van der Waals surface area contributed by atoms with Crippen molar-refractivity contribution < 1.29 is 4.79 Å². The monoisotopic (exact) mass is 299 g/mol. The van der Waals surface area contributed by atoms with Gasteiger partial charge in [-0.15, -0.1) is 36.2 Å². The maximum absolute atomic E-state index is 11.6. The van der Waals surface area contributed by atoms with Gasteiger partial charge in [0, 0.05) is 11.1 Å². The highest BCUT2D eigenvalue weighted by molar-refractivity contribution is 7.11. The second-order valence-electron chi connectivity index (χ2n) is 4.23. The summed E-state index contributed by atoms with van der Waals surface area (Å²) in [6, 6.07) is -0.0842. The Balaban J connectivity index is 0. The molecule has 1 aromatic rings. The van der Waals surface area contributed by atoms with Crippen LogP contribution in [-0.2, 0) is 4.79 Å². The van der Waals surface area contributed by atoms with Crippen molar-refractivity contribution in [3.8, 4) is 0 Å². The maximum Gasteiger partial charge on any atom is 0.240 e. The molecule has 0 spiro atoms. The first-order chi connectivity index (χ1) is 6.80. The zero-order chi connectivity index (χ0) is 11.6. The minimum atomic E-state index is -0.847. The molecule has 0 radical (unpaired) electrons. The molecule has 1 amide bonds. The SMILES string of the molecule is Cc1cnc(C(C)NC(=O)C(C)(C)N)s1.Cl.Cl. The second-order valence-corrected chi connectivity index (χ2v) is 5.49. The molecule has 0 saturated heterocycles. The van der Waals surface area contributed by atoms with Crippen molar-refractivity contribution in [2.75, 3.05) is 0 Å². The van der Waals surface area contributed by atoms with E-state index in [1.54, 1.807) is 31.4 Å². The highest BCUT2D eigenvalue weighted by atomic mass is 35.5. The van der Waals surface area contributed by atoms with E-state index in [2.05, 4.69) is 10.3 Å². The summed E-state index contributed by atoms with van der Waals surface area (Å²) in [6.07, 6.45) is 1.80. The molecule has 100 valence electrons. The second kappa shape index (κ2) is 7.16. The van der Waals surface area contributed by atoms with Crippen LogP contribution in [0.1, 0.15) is 36.7 Å². The van der Waals surface area contributed by atoms with Gasteiger partial charge in [-0.05, 0) is 27.7 Å². The van der Waals surface area contributed by atoms with Gasteiger partial charge >= 0.3 is 0 Å². The van der Waals surface area contributed by atoms with Crippen LogP contribution in [0.4, 0.5) is 0 Å². The third kappa shape index (κ3) is 5.68. The molecule has 1 rings (SSSR count). The summed E-state index contributed by atoms with van der Waals surface area (Å²) in [7, 11) is 0. The number of aromatic nitrogens is 1. The quantitative estimate of drug-likeness (QED) is 0.899. The molecule has 0 aromatic carbocycles. The Kier molecular flexibility index (Phi) is 8.00. The maximum atomic E-state index is 11.6. The number of halogens is 2. The van der Waals surface area contributed by atoms with E-state index in [-0.39, 0.29) is 36.8 Å². The van der Waals surface area contributed by atoms with Crippen LogP contribution >= 0.6 is 36.2 Å². The van der Waals surface area contributed by atoms with Crippen molar-refractivity contribution in [1.29, 1.82) is 0 Å². The summed E-state index contributed by atoms with van der Waals surface area (Å²) in [5.41, 5.74) is 4.83. The molecule has 1 atom stereocenters. The Morgan fingerprint density at radius 1 is 1.53 bits per heavy atom. The van der Waals surface area contributed by atoms with Gasteiger partial charge in [-0.1, -0.05) is 0 Å². The standard InChI is InChI=1S/C10H17N3OS.2ClH/c1-6-5-12-8(15-6)7(2)13-9(14)10(3,4)11;;/h5,7H,11H2,1-4H3,(H,13,14);2*1H. The van der Waals surface area contributed by atoms with Crippen molar-refractivity contribution in [1.82, 2.24) is 10.3 Å². The van der Waals surface area contributed by atoms with Gasteiger partial charge in [0.15, 0.2) is 0 Å². The lowest BCUT2D eigenvalue weighted by Crippen LogP contribution is -2.49. The van der Waals surface area contributed by atoms with Crippen LogP contribution in [-0.4, -0.2) is 16.4 Å². The zero-order valence-electron chi connectivity index (χ0n) is 10.3. The molecule has 0 aliphatic carbocycles. The Bertz CT molecular complexity index is 363. The summed E-state index contributed by atoms with van der Waals surface area (Å²) < 4.78 is 0. The van der Waals surface area contributed by atoms with Crippen LogP contribution in [0.25, 0.3) is 0 Å². The minimum absolute atomic E-state index is 0. The Morgan fingerprint density at radius 2 is 2.06 bits per heavy atom. The number of aryl methyl sites for hydroxylation is 1. The van der Waals surface area contributed by atoms with Crippen molar-refractivity contribution in [2.24, 2.45) is 5.73 Å². The van der Waals surface area contributed by atoms with E-state index in [9.17, 15) is 4.79 Å². The molecule has 1 heterocycles. The third-order valence-electron chi connectivity index (χ3n) is 1.94. The van der Waals surface area contributed by atoms with Crippen LogP contribution in [0.3, 0.4) is 0 Å². The lowest BCUT2D eigenvalue weighted by Gasteiger charge is -2.20. The summed E-state index contributed by atoms with van der Waals surface area (Å²) >= 11 is 1.58. The predicted octanol–water partition coefficient (Wildman–Crippen LogP) is 2.21. The number of thiazole rings is 1. The van der Waals surface area contributed by atoms with Crippen LogP contribution in [0, 0.1) is 6.92 Å². The van der Waals surface area contributed by atoms with E-state index in [1.165, 1.54) is 0 Å². The van der Waals surface area contributed by atoms with Gasteiger partial charge in [0.2, 0.25) is 5.91 Å². The number of carbonyl (C=O) groups is 1. The number of amides is 1. The van der Waals surface area contributed by atoms with Crippen LogP contribution in [0.2, 0.25) is 0 Å². The average Bonchev–Trinajstić information content (AvgIpc) is 2.50. The fourth-order valence-electron chi connectivity index (χ4n) is 1.02. The van der Waals surface area contributed by atoms with Crippen molar-refractivity contribution in [2.45, 2.75) is 39.3 Å². The smallest absolute Gasteiger partial charge is 0.240 e. The van der Waals surface area contributed by atoms with E-state index in [0.29, 0.717) is 0 Å². The molecule has 17 heavy (non-hydrogen) atoms. The van der Waals surface area contributed by atoms with Gasteiger partial charge in [-0.3, -0.25) is 4.79 Å². The molecule has 0 aliphatic heterocycles. The lowest BCUT2D eigenvalue weighted by molar-refractivity contribution is -0.125. The average molecular weight is 300 g/mol. The van der Waals surface area contributed by atoms with E-state index in [0.717, 1.165) is 9.88 Å². The fourth-order valence-corrected chi connectivity index (χ4v) is 1.79. The van der Waals surface area contributed by atoms with Gasteiger partial charge in [-0.25, -0.2) is 4.98 Å². The Hall–Kier alpha value is -0.360. The summed E-state index contributed by atoms with van der Waals surface area (Å²) in [5, 5.41) is 3.74. The molecule has 1 unspecified atom stereocenters. The van der Waals surface area contributed by atoms with Crippen LogP contribution < -0.4 is 11.1 Å². The van der Waals surface area contributed by atoms with E-state index in [4.69, 9.17) is 5.73 Å². The van der Waals surface area contributed by atoms with E-state index < -0.39 is 5.54 Å². The Labute approximate surface area is 118 Å². The summed E-state index contributed by atoms with van der Waals surface area (Å²) in [4.78, 5) is 16.9. The van der Waals surface area contributed by atoms with Gasteiger partial charge in [0.05, 0.1) is 11.6 Å². The molecule has 4 nitrogen and oxygen atoms in total. The highest BCUT2D eigenvalue weighted by Crippen LogP contribution is 2.19. The predicted molar refractivity (Wildman–Crippen MR) is 76.2 cm³/mol. The number of rotatable bonds is 3. The first-order valence-electron chi connectivity index (χ1n) is 4.83. The number of nitrogens with one attached hydrogen (secondary N) is 1. The summed E-state index contributed by atoms with van der Waals surface area (Å²) in [6.45, 7) is 7.26. The van der Waals surface area contributed by atoms with Gasteiger partial charge < -0.3 is 11.1 Å². The van der Waals surface area contributed by atoms with Crippen molar-refractivity contribution in [3.05, 3.63) is 16.1 Å². The van der Waals surface area contributed by atoms with E-state index >= 15 is 0 Å². The molecule has 0 fully saturated rings. The molecule has 0 saturated carbocycles. The number of carbonyl (C=O) groups excluding carboxylic acids is 1. The number of hydrogen-bond donors (Lipinski definition) is 2. The molecular weight excluding hydrogens is 281 g/mol. The van der Waals surface area contributed by atoms with Crippen molar-refractivity contribution >= 4 is 42.1 Å². The largest absolute Gasteiger partial charge is 0.346 e. The third-order valence-corrected chi connectivity index (χ3v) is 3.04. The molecule has 1 aromatic heterocycles.